The summed E-state index contributed by atoms with van der Waals surface area (Å²) >= 11 is 0. The number of nitrogens with zero attached hydrogens (tertiary/aromatic N) is 2. The molecular weight excluding hydrogens is 432 g/mol. The first-order valence-electron chi connectivity index (χ1n) is 11.7. The minimum atomic E-state index is -0.250. The first-order chi connectivity index (χ1) is 17.3. The number of anilines is 2. The van der Waals surface area contributed by atoms with Gasteiger partial charge in [-0.15, -0.1) is 0 Å². The van der Waals surface area contributed by atoms with Crippen LogP contribution in [0.4, 0.5) is 11.4 Å². The van der Waals surface area contributed by atoms with Crippen LogP contribution in [0.3, 0.4) is 0 Å². The lowest BCUT2D eigenvalue weighted by Gasteiger charge is -2.42. The largest absolute Gasteiger partial charge is 0.440 e. The number of hydrogen-bond acceptors (Lipinski definition) is 3. The molecule has 1 atom stereocenters. The van der Waals surface area contributed by atoms with E-state index in [0.29, 0.717) is 18.1 Å². The fraction of sp³-hybridized carbons (Fsp3) is 0.0645. The molecule has 0 saturated carbocycles. The van der Waals surface area contributed by atoms with Crippen molar-refractivity contribution in [2.75, 3.05) is 16.5 Å². The van der Waals surface area contributed by atoms with Crippen LogP contribution in [0.5, 0.6) is 0 Å². The van der Waals surface area contributed by atoms with Crippen LogP contribution in [0.2, 0.25) is 0 Å². The summed E-state index contributed by atoms with van der Waals surface area (Å²) in [7, 11) is 0. The van der Waals surface area contributed by atoms with E-state index in [1.165, 1.54) is 0 Å². The molecule has 0 bridgehead atoms. The Kier molecular flexibility index (Phi) is 5.39. The molecular formula is C31H24N2O2. The Hall–Kier alpha value is -4.57. The molecule has 0 saturated heterocycles. The van der Waals surface area contributed by atoms with E-state index in [4.69, 9.17) is 4.74 Å². The Labute approximate surface area is 205 Å². The predicted octanol–water partition coefficient (Wildman–Crippen LogP) is 6.56. The zero-order valence-electron chi connectivity index (χ0n) is 19.1. The standard InChI is InChI=1S/C31H24N2O2/c34-30-29-27(23-13-5-1-6-14-23)21-28(24-15-7-2-8-16-24)35-31(29)33(26-19-11-4-12-20-26)22-32(30)25-17-9-3-10-18-25/h1-21,27H,22H2. The maximum absolute atomic E-state index is 14.1. The van der Waals surface area contributed by atoms with Gasteiger partial charge in [-0.05, 0) is 35.9 Å². The molecule has 6 rings (SSSR count). The molecule has 4 heteroatoms. The van der Waals surface area contributed by atoms with Crippen LogP contribution in [0.15, 0.2) is 139 Å². The van der Waals surface area contributed by atoms with E-state index in [2.05, 4.69) is 23.1 Å². The number of benzene rings is 4. The van der Waals surface area contributed by atoms with Crippen molar-refractivity contribution in [1.29, 1.82) is 0 Å². The van der Waals surface area contributed by atoms with Gasteiger partial charge < -0.3 is 4.74 Å². The molecule has 0 fully saturated rings. The van der Waals surface area contributed by atoms with E-state index in [1.54, 1.807) is 0 Å². The Balaban J connectivity index is 1.55. The molecule has 1 amide bonds. The maximum Gasteiger partial charge on any atom is 0.262 e. The van der Waals surface area contributed by atoms with E-state index in [1.807, 2.05) is 114 Å². The fourth-order valence-electron chi connectivity index (χ4n) is 4.70. The average molecular weight is 457 g/mol. The van der Waals surface area contributed by atoms with Crippen LogP contribution in [0.1, 0.15) is 17.0 Å². The monoisotopic (exact) mass is 456 g/mol. The van der Waals surface area contributed by atoms with E-state index in [9.17, 15) is 4.79 Å². The molecule has 0 aromatic heterocycles. The molecule has 0 radical (unpaired) electrons. The lowest BCUT2D eigenvalue weighted by Crippen LogP contribution is -2.50. The Bertz CT molecular complexity index is 1400. The van der Waals surface area contributed by atoms with Gasteiger partial charge in [0.2, 0.25) is 5.88 Å². The Morgan fingerprint density at radius 1 is 0.629 bits per heavy atom. The van der Waals surface area contributed by atoms with Crippen molar-refractivity contribution in [3.8, 4) is 0 Å². The molecule has 4 aromatic carbocycles. The smallest absolute Gasteiger partial charge is 0.262 e. The Morgan fingerprint density at radius 2 is 1.14 bits per heavy atom. The third-order valence-electron chi connectivity index (χ3n) is 6.42. The van der Waals surface area contributed by atoms with Crippen molar-refractivity contribution in [3.05, 3.63) is 150 Å². The van der Waals surface area contributed by atoms with Gasteiger partial charge in [-0.2, -0.15) is 0 Å². The van der Waals surface area contributed by atoms with Gasteiger partial charge in [-0.1, -0.05) is 97.1 Å². The highest BCUT2D eigenvalue weighted by Gasteiger charge is 2.41. The molecule has 4 nitrogen and oxygen atoms in total. The van der Waals surface area contributed by atoms with Gasteiger partial charge in [0.15, 0.2) is 0 Å². The normalized spacial score (nSPS) is 17.5. The summed E-state index contributed by atoms with van der Waals surface area (Å²) in [4.78, 5) is 18.0. The molecule has 35 heavy (non-hydrogen) atoms. The van der Waals surface area contributed by atoms with E-state index < -0.39 is 0 Å². The summed E-state index contributed by atoms with van der Waals surface area (Å²) < 4.78 is 6.57. The fourth-order valence-corrected chi connectivity index (χ4v) is 4.70. The van der Waals surface area contributed by atoms with Crippen LogP contribution < -0.4 is 9.80 Å². The number of ether oxygens (including phenoxy) is 1. The number of rotatable bonds is 4. The number of hydrogen-bond donors (Lipinski definition) is 0. The molecule has 0 aliphatic carbocycles. The molecule has 2 aliphatic heterocycles. The summed E-state index contributed by atoms with van der Waals surface area (Å²) in [6.45, 7) is 0.356. The van der Waals surface area contributed by atoms with Gasteiger partial charge in [-0.25, -0.2) is 0 Å². The number of carbonyl (C=O) groups is 1. The average Bonchev–Trinajstić information content (AvgIpc) is 2.94. The van der Waals surface area contributed by atoms with Gasteiger partial charge in [0.25, 0.3) is 5.91 Å². The molecule has 0 spiro atoms. The van der Waals surface area contributed by atoms with Crippen molar-refractivity contribution in [2.45, 2.75) is 5.92 Å². The summed E-state index contributed by atoms with van der Waals surface area (Å²) in [5.41, 5.74) is 4.48. The molecule has 0 N–H and O–H groups in total. The highest BCUT2D eigenvalue weighted by molar-refractivity contribution is 6.09. The van der Waals surface area contributed by atoms with E-state index >= 15 is 0 Å². The summed E-state index contributed by atoms with van der Waals surface area (Å²) in [5.74, 6) is 1.04. The van der Waals surface area contributed by atoms with Gasteiger partial charge in [0.05, 0.1) is 5.57 Å². The molecule has 4 aromatic rings. The van der Waals surface area contributed by atoms with Crippen molar-refractivity contribution in [1.82, 2.24) is 0 Å². The van der Waals surface area contributed by atoms with Gasteiger partial charge >= 0.3 is 0 Å². The van der Waals surface area contributed by atoms with Crippen LogP contribution in [0, 0.1) is 0 Å². The van der Waals surface area contributed by atoms with Crippen LogP contribution in [-0.2, 0) is 9.53 Å². The minimum Gasteiger partial charge on any atom is -0.440 e. The van der Waals surface area contributed by atoms with Crippen LogP contribution in [-0.4, -0.2) is 12.6 Å². The maximum atomic E-state index is 14.1. The third kappa shape index (κ3) is 3.89. The highest BCUT2D eigenvalue weighted by atomic mass is 16.5. The summed E-state index contributed by atoms with van der Waals surface area (Å²) in [5, 5.41) is 0. The number of allylic oxidation sites excluding steroid dienone is 1. The zero-order valence-corrected chi connectivity index (χ0v) is 19.1. The van der Waals surface area contributed by atoms with E-state index in [-0.39, 0.29) is 11.8 Å². The number of carbonyl (C=O) groups excluding carboxylic acids is 1. The SMILES string of the molecule is O=C1C2=C(OC(c3ccccc3)=CC2c2ccccc2)N(c2ccccc2)CN1c1ccccc1. The second kappa shape index (κ2) is 8.99. The number of amides is 1. The highest BCUT2D eigenvalue weighted by Crippen LogP contribution is 2.43. The number of para-hydroxylation sites is 2. The molecule has 170 valence electrons. The van der Waals surface area contributed by atoms with Crippen molar-refractivity contribution in [3.63, 3.8) is 0 Å². The second-order valence-electron chi connectivity index (χ2n) is 8.58. The van der Waals surface area contributed by atoms with Crippen molar-refractivity contribution >= 4 is 23.0 Å². The lowest BCUT2D eigenvalue weighted by atomic mass is 9.86. The third-order valence-corrected chi connectivity index (χ3v) is 6.42. The van der Waals surface area contributed by atoms with Gasteiger partial charge in [0, 0.05) is 22.9 Å². The summed E-state index contributed by atoms with van der Waals surface area (Å²) in [6.07, 6.45) is 2.07. The zero-order chi connectivity index (χ0) is 23.6. The van der Waals surface area contributed by atoms with E-state index in [0.717, 1.165) is 28.3 Å². The molecule has 2 heterocycles. The van der Waals surface area contributed by atoms with Crippen LogP contribution >= 0.6 is 0 Å². The first kappa shape index (κ1) is 21.0. The first-order valence-corrected chi connectivity index (χ1v) is 11.7. The van der Waals surface area contributed by atoms with Gasteiger partial charge in [0.1, 0.15) is 12.4 Å². The minimum absolute atomic E-state index is 0.0457. The molecule has 1 unspecified atom stereocenters. The Morgan fingerprint density at radius 3 is 1.74 bits per heavy atom. The quantitative estimate of drug-likeness (QED) is 0.348. The molecule has 2 aliphatic rings. The topological polar surface area (TPSA) is 32.8 Å². The van der Waals surface area contributed by atoms with Crippen LogP contribution in [0.25, 0.3) is 5.76 Å². The predicted molar refractivity (Wildman–Crippen MR) is 139 cm³/mol. The van der Waals surface area contributed by atoms with Gasteiger partial charge in [-0.3, -0.25) is 14.6 Å². The summed E-state index contributed by atoms with van der Waals surface area (Å²) in [6, 6.07) is 40.1. The van der Waals surface area contributed by atoms with Crippen molar-refractivity contribution < 1.29 is 9.53 Å². The lowest BCUT2D eigenvalue weighted by molar-refractivity contribution is -0.116. The van der Waals surface area contributed by atoms with Crippen molar-refractivity contribution in [2.24, 2.45) is 0 Å². The second-order valence-corrected chi connectivity index (χ2v) is 8.58.